The van der Waals surface area contributed by atoms with Crippen molar-refractivity contribution in [1.82, 2.24) is 52.1 Å². The molecule has 0 bridgehead atoms. The molecule has 23 nitrogen and oxygen atoms in total. The van der Waals surface area contributed by atoms with Gasteiger partial charge in [-0.05, 0) is 69.2 Å². The molecule has 2 heterocycles. The molecule has 0 aliphatic carbocycles. The molecular weight excluding hydrogens is 871 g/mol. The maximum Gasteiger partial charge on any atom is 0.325 e. The molecule has 0 saturated carbocycles. The van der Waals surface area contributed by atoms with E-state index in [1.54, 1.807) is 52.1 Å². The monoisotopic (exact) mass is 940 g/mol. The average Bonchev–Trinajstić information content (AvgIpc) is 4.00. The molecular formula is C44H69N13O10. The van der Waals surface area contributed by atoms with Gasteiger partial charge in [0.15, 0.2) is 5.96 Å². The number of amides is 7. The Balaban J connectivity index is 1.93. The fraction of sp³-hybridized carbons (Fsp3) is 0.591. The van der Waals surface area contributed by atoms with Crippen LogP contribution in [0.1, 0.15) is 78.0 Å². The summed E-state index contributed by atoms with van der Waals surface area (Å²) in [6.45, 7) is 8.57. The maximum absolute atomic E-state index is 14.5. The number of hydrogen-bond donors (Lipinski definition) is 11. The third-order valence-corrected chi connectivity index (χ3v) is 11.4. The summed E-state index contributed by atoms with van der Waals surface area (Å²) in [6.07, 6.45) is 4.38. The minimum Gasteiger partial charge on any atom is -0.497 e. The number of benzene rings is 1. The van der Waals surface area contributed by atoms with Crippen molar-refractivity contribution in [3.05, 3.63) is 48.0 Å². The van der Waals surface area contributed by atoms with E-state index in [4.69, 9.17) is 16.2 Å². The van der Waals surface area contributed by atoms with Crippen LogP contribution in [0.3, 0.4) is 0 Å². The Morgan fingerprint density at radius 2 is 1.51 bits per heavy atom. The van der Waals surface area contributed by atoms with E-state index in [1.807, 2.05) is 6.92 Å². The highest BCUT2D eigenvalue weighted by Gasteiger charge is 2.40. The molecule has 370 valence electrons. The molecule has 7 amide bonds. The molecule has 1 saturated heterocycles. The number of H-pyrrole nitrogens is 1. The number of imidazole rings is 1. The third-order valence-electron chi connectivity index (χ3n) is 11.4. The smallest absolute Gasteiger partial charge is 0.325 e. The fourth-order valence-corrected chi connectivity index (χ4v) is 7.34. The van der Waals surface area contributed by atoms with E-state index < -0.39 is 101 Å². The van der Waals surface area contributed by atoms with Crippen LogP contribution in [0, 0.1) is 11.8 Å². The maximum atomic E-state index is 14.5. The van der Waals surface area contributed by atoms with Crippen molar-refractivity contribution in [2.75, 3.05) is 33.8 Å². The van der Waals surface area contributed by atoms with Gasteiger partial charge in [-0.3, -0.25) is 43.3 Å². The summed E-state index contributed by atoms with van der Waals surface area (Å²) in [4.78, 5) is 121. The number of methoxy groups -OCH3 is 1. The summed E-state index contributed by atoms with van der Waals surface area (Å²) in [6, 6.07) is -1.41. The van der Waals surface area contributed by atoms with Crippen molar-refractivity contribution in [3.63, 3.8) is 0 Å². The normalized spacial score (nSPS) is 16.5. The number of carbonyl (C=O) groups excluding carboxylic acids is 7. The van der Waals surface area contributed by atoms with Crippen LogP contribution < -0.4 is 53.4 Å². The van der Waals surface area contributed by atoms with E-state index in [-0.39, 0.29) is 51.3 Å². The first kappa shape index (κ1) is 54.6. The van der Waals surface area contributed by atoms with Gasteiger partial charge in [-0.1, -0.05) is 46.2 Å². The highest BCUT2D eigenvalue weighted by molar-refractivity contribution is 5.98. The van der Waals surface area contributed by atoms with Gasteiger partial charge in [0.05, 0.1) is 20.0 Å². The minimum atomic E-state index is -1.30. The number of hydrogen-bond acceptors (Lipinski definition) is 12. The molecule has 0 radical (unpaired) electrons. The van der Waals surface area contributed by atoms with Crippen LogP contribution in [0.5, 0.6) is 5.75 Å². The minimum absolute atomic E-state index is 0.0531. The largest absolute Gasteiger partial charge is 0.497 e. The predicted octanol–water partition coefficient (Wildman–Crippen LogP) is -1.82. The highest BCUT2D eigenvalue weighted by Crippen LogP contribution is 2.21. The molecule has 1 aliphatic rings. The second-order valence-electron chi connectivity index (χ2n) is 16.9. The number of aliphatic carboxylic acids is 1. The summed E-state index contributed by atoms with van der Waals surface area (Å²) in [5.74, 6) is -6.35. The van der Waals surface area contributed by atoms with Gasteiger partial charge in [0.25, 0.3) is 0 Å². The Morgan fingerprint density at radius 1 is 0.866 bits per heavy atom. The van der Waals surface area contributed by atoms with Gasteiger partial charge in [-0.2, -0.15) is 0 Å². The van der Waals surface area contributed by atoms with Gasteiger partial charge in [0.2, 0.25) is 41.4 Å². The lowest BCUT2D eigenvalue weighted by Crippen LogP contribution is -2.62. The number of aliphatic imine (C=N–C) groups is 1. The van der Waals surface area contributed by atoms with Crippen molar-refractivity contribution in [1.29, 1.82) is 0 Å². The molecule has 8 atom stereocenters. The van der Waals surface area contributed by atoms with Gasteiger partial charge in [0, 0.05) is 37.8 Å². The highest BCUT2D eigenvalue weighted by atomic mass is 16.5. The first-order valence-electron chi connectivity index (χ1n) is 22.4. The zero-order valence-corrected chi connectivity index (χ0v) is 39.3. The SMILES string of the molecule is CC[C@H](C)[C@H](NC(=O)[C@H](Cc1ccc(OC)cc1)NC(=O)[C@@H](NC(=O)[C@H](CCCN=C(N)N)NC(=O)CNC)C(C)C)C(=O)N[C@@H](Cc1cnc[nH]1)C(=O)N1CCC[C@H]1C(=O)N[C@@H](C)C(=O)O. The Kier molecular flexibility index (Phi) is 22.0. The molecule has 0 spiro atoms. The number of rotatable bonds is 27. The number of guanidine groups is 1. The molecule has 1 aromatic carbocycles. The quantitative estimate of drug-likeness (QED) is 0.0267. The number of nitrogens with one attached hydrogen (secondary N) is 8. The van der Waals surface area contributed by atoms with Gasteiger partial charge < -0.3 is 68.4 Å². The topological polar surface area (TPSA) is 347 Å². The third kappa shape index (κ3) is 17.2. The summed E-state index contributed by atoms with van der Waals surface area (Å²) in [5, 5.41) is 28.3. The van der Waals surface area contributed by atoms with Crippen molar-refractivity contribution in [2.45, 2.75) is 122 Å². The average molecular weight is 940 g/mol. The standard InChI is InChI=1S/C44H69N13O10/c1-8-25(4)36(41(63)54-32(20-28-21-48-23-50-28)42(64)57-18-10-12-33(57)39(61)51-26(5)43(65)66)56-38(60)31(19-27-13-15-29(67-7)16-14-27)53-40(62)35(24(2)3)55-37(59)30(52-34(58)22-47-6)11-9-17-49-44(45)46/h13-16,21,23-26,30-33,35-36,47H,8-12,17-20,22H2,1-7H3,(H,48,50)(H,51,61)(H,52,58)(H,53,62)(H,54,63)(H,55,59)(H,56,60)(H,65,66)(H4,45,46,49)/t25-,26-,30-,31-,32-,33-,35-,36-/m0/s1. The number of carboxylic acid groups (broad SMARTS) is 1. The second-order valence-corrected chi connectivity index (χ2v) is 16.9. The van der Waals surface area contributed by atoms with Crippen LogP contribution >= 0.6 is 0 Å². The molecule has 0 unspecified atom stereocenters. The number of likely N-dealkylation sites (tertiary alicyclic amines) is 1. The van der Waals surface area contributed by atoms with E-state index >= 15 is 0 Å². The van der Waals surface area contributed by atoms with E-state index in [2.05, 4.69) is 52.2 Å². The van der Waals surface area contributed by atoms with Crippen molar-refractivity contribution >= 4 is 53.3 Å². The van der Waals surface area contributed by atoms with Crippen LogP contribution in [0.15, 0.2) is 41.8 Å². The fourth-order valence-electron chi connectivity index (χ4n) is 7.34. The molecule has 1 fully saturated rings. The number of aromatic amines is 1. The lowest BCUT2D eigenvalue weighted by molar-refractivity contribution is -0.144. The molecule has 1 aliphatic heterocycles. The summed E-state index contributed by atoms with van der Waals surface area (Å²) in [7, 11) is 3.08. The van der Waals surface area contributed by atoms with Crippen molar-refractivity contribution < 1.29 is 48.2 Å². The van der Waals surface area contributed by atoms with E-state index in [1.165, 1.54) is 31.5 Å². The Labute approximate surface area is 390 Å². The summed E-state index contributed by atoms with van der Waals surface area (Å²) < 4.78 is 5.30. The summed E-state index contributed by atoms with van der Waals surface area (Å²) >= 11 is 0. The first-order chi connectivity index (χ1) is 31.8. The van der Waals surface area contributed by atoms with E-state index in [0.717, 1.165) is 0 Å². The lowest BCUT2D eigenvalue weighted by Gasteiger charge is -2.32. The van der Waals surface area contributed by atoms with Gasteiger partial charge in [-0.15, -0.1) is 0 Å². The number of aromatic nitrogens is 2. The van der Waals surface area contributed by atoms with Gasteiger partial charge >= 0.3 is 5.97 Å². The zero-order chi connectivity index (χ0) is 49.8. The Bertz CT molecular complexity index is 2010. The van der Waals surface area contributed by atoms with Crippen molar-refractivity contribution in [3.8, 4) is 5.75 Å². The molecule has 23 heteroatoms. The number of likely N-dealkylation sites (N-methyl/N-ethyl adjacent to an activating group) is 1. The molecule has 13 N–H and O–H groups in total. The van der Waals surface area contributed by atoms with Crippen LogP contribution in [-0.2, 0) is 51.2 Å². The molecule has 2 aromatic rings. The van der Waals surface area contributed by atoms with Gasteiger partial charge in [-0.25, -0.2) is 4.98 Å². The number of carboxylic acids is 1. The Morgan fingerprint density at radius 3 is 2.09 bits per heavy atom. The molecule has 1 aromatic heterocycles. The van der Waals surface area contributed by atoms with Crippen LogP contribution in [0.4, 0.5) is 0 Å². The van der Waals surface area contributed by atoms with Crippen LogP contribution in [0.2, 0.25) is 0 Å². The van der Waals surface area contributed by atoms with Crippen LogP contribution in [-0.4, -0.2) is 149 Å². The van der Waals surface area contributed by atoms with E-state index in [9.17, 15) is 43.5 Å². The zero-order valence-electron chi connectivity index (χ0n) is 39.3. The second kappa shape index (κ2) is 27.0. The number of nitrogens with zero attached hydrogens (tertiary/aromatic N) is 3. The van der Waals surface area contributed by atoms with E-state index in [0.29, 0.717) is 36.3 Å². The van der Waals surface area contributed by atoms with Crippen LogP contribution in [0.25, 0.3) is 0 Å². The molecule has 3 rings (SSSR count). The number of ether oxygens (including phenoxy) is 1. The first-order valence-corrected chi connectivity index (χ1v) is 22.4. The predicted molar refractivity (Wildman–Crippen MR) is 247 cm³/mol. The number of nitrogens with two attached hydrogens (primary N) is 2. The molecule has 67 heavy (non-hydrogen) atoms. The Hall–Kier alpha value is -6.78. The number of carbonyl (C=O) groups is 8. The lowest BCUT2D eigenvalue weighted by atomic mass is 9.96. The van der Waals surface area contributed by atoms with Gasteiger partial charge in [0.1, 0.15) is 48.0 Å². The van der Waals surface area contributed by atoms with Crippen molar-refractivity contribution in [2.24, 2.45) is 28.3 Å². The summed E-state index contributed by atoms with van der Waals surface area (Å²) in [5.41, 5.74) is 12.0.